The number of hydrogen-bond donors (Lipinski definition) is 2. The molecule has 0 amide bonds. The van der Waals surface area contributed by atoms with Crippen molar-refractivity contribution in [3.63, 3.8) is 0 Å². The van der Waals surface area contributed by atoms with Crippen molar-refractivity contribution in [1.82, 2.24) is 0 Å². The normalized spacial score (nSPS) is 38.0. The number of esters is 1. The second kappa shape index (κ2) is 4.28. The van der Waals surface area contributed by atoms with Gasteiger partial charge in [0, 0.05) is 5.54 Å². The summed E-state index contributed by atoms with van der Waals surface area (Å²) in [4.78, 5) is 11.4. The van der Waals surface area contributed by atoms with Crippen LogP contribution in [0.3, 0.4) is 0 Å². The van der Waals surface area contributed by atoms with Crippen LogP contribution in [0, 0.1) is 5.92 Å². The Balaban J connectivity index is 2.50. The minimum Gasteiger partial charge on any atom is -0.466 e. The summed E-state index contributed by atoms with van der Waals surface area (Å²) in [7, 11) is 0. The van der Waals surface area contributed by atoms with Crippen LogP contribution in [0.4, 0.5) is 0 Å². The van der Waals surface area contributed by atoms with E-state index in [2.05, 4.69) is 0 Å². The number of rotatable bonds is 2. The van der Waals surface area contributed by atoms with E-state index in [9.17, 15) is 9.90 Å². The monoisotopic (exact) mass is 201 g/mol. The third-order valence-corrected chi connectivity index (χ3v) is 2.92. The molecule has 0 unspecified atom stereocenters. The SMILES string of the molecule is CCOC(=O)[C@H]1CC[C@@](C)(N)[C@H](O)C1. The number of aliphatic hydroxyl groups is 1. The Morgan fingerprint density at radius 2 is 2.36 bits per heavy atom. The van der Waals surface area contributed by atoms with E-state index in [0.717, 1.165) is 0 Å². The Morgan fingerprint density at radius 3 is 2.86 bits per heavy atom. The van der Waals surface area contributed by atoms with E-state index in [-0.39, 0.29) is 11.9 Å². The van der Waals surface area contributed by atoms with Crippen molar-refractivity contribution < 1.29 is 14.6 Å². The number of nitrogens with two attached hydrogens (primary N) is 1. The van der Waals surface area contributed by atoms with Crippen LogP contribution in [0.2, 0.25) is 0 Å². The fourth-order valence-electron chi connectivity index (χ4n) is 1.78. The maximum Gasteiger partial charge on any atom is 0.309 e. The molecule has 0 aromatic carbocycles. The molecule has 4 nitrogen and oxygen atoms in total. The van der Waals surface area contributed by atoms with Crippen molar-refractivity contribution in [2.24, 2.45) is 11.7 Å². The van der Waals surface area contributed by atoms with Crippen molar-refractivity contribution in [3.8, 4) is 0 Å². The zero-order chi connectivity index (χ0) is 10.8. The third kappa shape index (κ3) is 2.45. The maximum atomic E-state index is 11.4. The predicted octanol–water partition coefficient (Wildman–Crippen LogP) is 0.428. The average Bonchev–Trinajstić information content (AvgIpc) is 2.10. The zero-order valence-electron chi connectivity index (χ0n) is 8.82. The van der Waals surface area contributed by atoms with Gasteiger partial charge in [0.25, 0.3) is 0 Å². The summed E-state index contributed by atoms with van der Waals surface area (Å²) in [5.74, 6) is -0.386. The number of carbonyl (C=O) groups excluding carboxylic acids is 1. The van der Waals surface area contributed by atoms with Gasteiger partial charge in [0.1, 0.15) is 0 Å². The van der Waals surface area contributed by atoms with Crippen LogP contribution >= 0.6 is 0 Å². The summed E-state index contributed by atoms with van der Waals surface area (Å²) >= 11 is 0. The topological polar surface area (TPSA) is 72.5 Å². The van der Waals surface area contributed by atoms with Crippen molar-refractivity contribution in [3.05, 3.63) is 0 Å². The summed E-state index contributed by atoms with van der Waals surface area (Å²) in [5.41, 5.74) is 5.30. The van der Waals surface area contributed by atoms with Crippen LogP contribution in [0.5, 0.6) is 0 Å². The van der Waals surface area contributed by atoms with Gasteiger partial charge in [0.15, 0.2) is 0 Å². The molecule has 0 bridgehead atoms. The van der Waals surface area contributed by atoms with E-state index in [1.54, 1.807) is 6.92 Å². The summed E-state index contributed by atoms with van der Waals surface area (Å²) in [6, 6.07) is 0. The fraction of sp³-hybridized carbons (Fsp3) is 0.900. The number of ether oxygens (including phenoxy) is 1. The van der Waals surface area contributed by atoms with E-state index >= 15 is 0 Å². The highest BCUT2D eigenvalue weighted by Crippen LogP contribution is 2.31. The quantitative estimate of drug-likeness (QED) is 0.635. The molecular formula is C10H19NO3. The molecule has 1 saturated carbocycles. The molecule has 0 heterocycles. The average molecular weight is 201 g/mol. The molecule has 0 aromatic rings. The smallest absolute Gasteiger partial charge is 0.309 e. The lowest BCUT2D eigenvalue weighted by molar-refractivity contribution is -0.151. The molecule has 0 aliphatic heterocycles. The molecule has 14 heavy (non-hydrogen) atoms. The molecule has 1 aliphatic rings. The van der Waals surface area contributed by atoms with E-state index in [0.29, 0.717) is 25.9 Å². The van der Waals surface area contributed by atoms with Gasteiger partial charge in [0.05, 0.1) is 18.6 Å². The highest BCUT2D eigenvalue weighted by atomic mass is 16.5. The molecule has 0 saturated heterocycles. The highest BCUT2D eigenvalue weighted by Gasteiger charge is 2.38. The van der Waals surface area contributed by atoms with E-state index in [1.807, 2.05) is 6.92 Å². The van der Waals surface area contributed by atoms with Crippen LogP contribution in [0.15, 0.2) is 0 Å². The van der Waals surface area contributed by atoms with Crippen molar-refractivity contribution in [2.45, 2.75) is 44.8 Å². The minimum absolute atomic E-state index is 0.179. The van der Waals surface area contributed by atoms with E-state index in [1.165, 1.54) is 0 Å². The first kappa shape index (κ1) is 11.5. The van der Waals surface area contributed by atoms with Crippen LogP contribution in [0.25, 0.3) is 0 Å². The standard InChI is InChI=1S/C10H19NO3/c1-3-14-9(13)7-4-5-10(2,11)8(12)6-7/h7-8,12H,3-6,11H2,1-2H3/t7-,8+,10+/m0/s1. The number of hydrogen-bond acceptors (Lipinski definition) is 4. The second-order valence-corrected chi connectivity index (χ2v) is 4.24. The molecule has 0 radical (unpaired) electrons. The molecule has 1 aliphatic carbocycles. The molecule has 0 spiro atoms. The Labute approximate surface area is 84.4 Å². The zero-order valence-corrected chi connectivity index (χ0v) is 8.82. The first-order chi connectivity index (χ1) is 6.47. The molecule has 1 fully saturated rings. The van der Waals surface area contributed by atoms with Gasteiger partial charge in [-0.25, -0.2) is 0 Å². The number of carbonyl (C=O) groups is 1. The summed E-state index contributed by atoms with van der Waals surface area (Å²) in [6.45, 7) is 3.99. The summed E-state index contributed by atoms with van der Waals surface area (Å²) < 4.78 is 4.91. The number of aliphatic hydroxyl groups excluding tert-OH is 1. The van der Waals surface area contributed by atoms with Gasteiger partial charge in [-0.05, 0) is 33.1 Å². The maximum absolute atomic E-state index is 11.4. The van der Waals surface area contributed by atoms with Crippen LogP contribution in [0.1, 0.15) is 33.1 Å². The molecular weight excluding hydrogens is 182 g/mol. The van der Waals surface area contributed by atoms with Gasteiger partial charge >= 0.3 is 5.97 Å². The Bertz CT molecular complexity index is 215. The summed E-state index contributed by atoms with van der Waals surface area (Å²) in [5, 5.41) is 9.69. The van der Waals surface area contributed by atoms with Gasteiger partial charge < -0.3 is 15.6 Å². The Hall–Kier alpha value is -0.610. The lowest BCUT2D eigenvalue weighted by Crippen LogP contribution is -2.52. The van der Waals surface area contributed by atoms with E-state index < -0.39 is 11.6 Å². The van der Waals surface area contributed by atoms with Crippen molar-refractivity contribution in [2.75, 3.05) is 6.61 Å². The Morgan fingerprint density at radius 1 is 1.71 bits per heavy atom. The van der Waals surface area contributed by atoms with Gasteiger partial charge in [-0.1, -0.05) is 0 Å². The third-order valence-electron chi connectivity index (χ3n) is 2.92. The van der Waals surface area contributed by atoms with Gasteiger partial charge in [0.2, 0.25) is 0 Å². The van der Waals surface area contributed by atoms with E-state index in [4.69, 9.17) is 10.5 Å². The molecule has 0 aromatic heterocycles. The largest absolute Gasteiger partial charge is 0.466 e. The van der Waals surface area contributed by atoms with Gasteiger partial charge in [-0.2, -0.15) is 0 Å². The van der Waals surface area contributed by atoms with Crippen LogP contribution < -0.4 is 5.73 Å². The minimum atomic E-state index is -0.606. The lowest BCUT2D eigenvalue weighted by Gasteiger charge is -2.37. The molecule has 82 valence electrons. The van der Waals surface area contributed by atoms with Gasteiger partial charge in [-0.3, -0.25) is 4.79 Å². The predicted molar refractivity (Wildman–Crippen MR) is 52.6 cm³/mol. The lowest BCUT2D eigenvalue weighted by atomic mass is 9.76. The Kier molecular flexibility index (Phi) is 3.50. The molecule has 3 N–H and O–H groups in total. The van der Waals surface area contributed by atoms with Crippen molar-refractivity contribution >= 4 is 5.97 Å². The fourth-order valence-corrected chi connectivity index (χ4v) is 1.78. The van der Waals surface area contributed by atoms with Crippen LogP contribution in [-0.4, -0.2) is 29.3 Å². The molecule has 3 atom stereocenters. The first-order valence-electron chi connectivity index (χ1n) is 5.11. The first-order valence-corrected chi connectivity index (χ1v) is 5.11. The molecule has 1 rings (SSSR count). The molecule has 4 heteroatoms. The van der Waals surface area contributed by atoms with Crippen LogP contribution in [-0.2, 0) is 9.53 Å². The second-order valence-electron chi connectivity index (χ2n) is 4.24. The van der Waals surface area contributed by atoms with Gasteiger partial charge in [-0.15, -0.1) is 0 Å². The van der Waals surface area contributed by atoms with Crippen molar-refractivity contribution in [1.29, 1.82) is 0 Å². The summed E-state index contributed by atoms with van der Waals surface area (Å²) in [6.07, 6.45) is 1.19. The highest BCUT2D eigenvalue weighted by molar-refractivity contribution is 5.72.